The van der Waals surface area contributed by atoms with E-state index in [1.165, 1.54) is 0 Å². The quantitative estimate of drug-likeness (QED) is 0.212. The van der Waals surface area contributed by atoms with Gasteiger partial charge in [0.05, 0.1) is 27.9 Å². The molecule has 8 nitrogen and oxygen atoms in total. The fourth-order valence-electron chi connectivity index (χ4n) is 3.08. The summed E-state index contributed by atoms with van der Waals surface area (Å²) in [7, 11) is 4.77. The van der Waals surface area contributed by atoms with Crippen molar-refractivity contribution in [2.24, 2.45) is 4.99 Å². The molecule has 182 valence electrons. The summed E-state index contributed by atoms with van der Waals surface area (Å²) < 4.78 is 16.2. The summed E-state index contributed by atoms with van der Waals surface area (Å²) >= 11 is 0. The van der Waals surface area contributed by atoms with Gasteiger partial charge in [0.1, 0.15) is 0 Å². The number of carbonyl (C=O) groups is 1. The van der Waals surface area contributed by atoms with E-state index in [1.807, 2.05) is 50.2 Å². The number of hydrogen-bond acceptors (Lipinski definition) is 5. The Hall–Kier alpha value is -2.69. The maximum Gasteiger partial charge on any atom is 0.224 e. The highest BCUT2D eigenvalue weighted by Crippen LogP contribution is 2.38. The first-order chi connectivity index (χ1) is 15.5. The lowest BCUT2D eigenvalue weighted by molar-refractivity contribution is -0.116. The summed E-state index contributed by atoms with van der Waals surface area (Å²) in [4.78, 5) is 16.4. The number of halogens is 1. The minimum atomic E-state index is 0. The van der Waals surface area contributed by atoms with Crippen LogP contribution < -0.4 is 30.2 Å². The Balaban J connectivity index is 0.00000544. The molecular weight excluding hydrogens is 535 g/mol. The van der Waals surface area contributed by atoms with E-state index in [1.54, 1.807) is 21.3 Å². The molecule has 2 aromatic rings. The van der Waals surface area contributed by atoms with Gasteiger partial charge in [-0.2, -0.15) is 0 Å². The number of hydrogen-bond donors (Lipinski definition) is 3. The summed E-state index contributed by atoms with van der Waals surface area (Å²) in [5.41, 5.74) is 2.82. The molecule has 0 saturated heterocycles. The van der Waals surface area contributed by atoms with Crippen LogP contribution >= 0.6 is 24.0 Å². The van der Waals surface area contributed by atoms with Gasteiger partial charge >= 0.3 is 0 Å². The summed E-state index contributed by atoms with van der Waals surface area (Å²) in [6.07, 6.45) is 1.36. The van der Waals surface area contributed by atoms with Crippen LogP contribution in [0.25, 0.3) is 0 Å². The molecule has 0 heterocycles. The van der Waals surface area contributed by atoms with Gasteiger partial charge in [-0.15, -0.1) is 24.0 Å². The molecule has 2 rings (SSSR count). The third kappa shape index (κ3) is 8.99. The normalized spacial score (nSPS) is 10.6. The second-order valence-electron chi connectivity index (χ2n) is 7.08. The third-order valence-corrected chi connectivity index (χ3v) is 4.66. The second-order valence-corrected chi connectivity index (χ2v) is 7.08. The van der Waals surface area contributed by atoms with Crippen molar-refractivity contribution in [3.05, 3.63) is 47.5 Å². The van der Waals surface area contributed by atoms with Gasteiger partial charge in [-0.1, -0.05) is 19.1 Å². The van der Waals surface area contributed by atoms with E-state index in [2.05, 4.69) is 20.9 Å². The number of nitrogens with one attached hydrogen (secondary N) is 3. The third-order valence-electron chi connectivity index (χ3n) is 4.66. The first kappa shape index (κ1) is 28.3. The lowest BCUT2D eigenvalue weighted by Gasteiger charge is -2.14. The molecule has 0 atom stereocenters. The molecule has 0 saturated carbocycles. The molecule has 0 unspecified atom stereocenters. The molecule has 0 aliphatic rings. The second kappa shape index (κ2) is 15.2. The monoisotopic (exact) mass is 570 g/mol. The van der Waals surface area contributed by atoms with Crippen LogP contribution in [-0.2, 0) is 17.9 Å². The number of methoxy groups -OCH3 is 3. The Morgan fingerprint density at radius 2 is 1.55 bits per heavy atom. The van der Waals surface area contributed by atoms with Crippen LogP contribution in [0.1, 0.15) is 37.8 Å². The Bertz CT molecular complexity index is 879. The predicted octanol–water partition coefficient (Wildman–Crippen LogP) is 4.32. The van der Waals surface area contributed by atoms with Gasteiger partial charge in [-0.05, 0) is 48.7 Å². The van der Waals surface area contributed by atoms with Crippen molar-refractivity contribution in [2.45, 2.75) is 39.8 Å². The molecule has 0 radical (unpaired) electrons. The van der Waals surface area contributed by atoms with Gasteiger partial charge < -0.3 is 30.2 Å². The number of guanidine groups is 1. The zero-order valence-corrected chi connectivity index (χ0v) is 22.3. The topological polar surface area (TPSA) is 93.2 Å². The van der Waals surface area contributed by atoms with Gasteiger partial charge in [-0.25, -0.2) is 4.99 Å². The summed E-state index contributed by atoms with van der Waals surface area (Å²) in [6, 6.07) is 11.6. The maximum atomic E-state index is 11.7. The van der Waals surface area contributed by atoms with Crippen molar-refractivity contribution in [3.8, 4) is 17.2 Å². The Morgan fingerprint density at radius 3 is 2.06 bits per heavy atom. The number of ether oxygens (including phenoxy) is 3. The van der Waals surface area contributed by atoms with E-state index in [4.69, 9.17) is 14.2 Å². The molecule has 33 heavy (non-hydrogen) atoms. The smallest absolute Gasteiger partial charge is 0.224 e. The maximum absolute atomic E-state index is 11.7. The van der Waals surface area contributed by atoms with Crippen LogP contribution in [0.2, 0.25) is 0 Å². The fourth-order valence-corrected chi connectivity index (χ4v) is 3.08. The number of benzene rings is 2. The summed E-state index contributed by atoms with van der Waals surface area (Å²) in [5.74, 6) is 2.48. The van der Waals surface area contributed by atoms with Gasteiger partial charge in [0.25, 0.3) is 0 Å². The van der Waals surface area contributed by atoms with Crippen molar-refractivity contribution in [3.63, 3.8) is 0 Å². The molecule has 0 aliphatic carbocycles. The van der Waals surface area contributed by atoms with Crippen molar-refractivity contribution < 1.29 is 19.0 Å². The first-order valence-corrected chi connectivity index (χ1v) is 10.7. The van der Waals surface area contributed by atoms with Crippen molar-refractivity contribution in [2.75, 3.05) is 33.2 Å². The van der Waals surface area contributed by atoms with Crippen LogP contribution in [0, 0.1) is 0 Å². The zero-order chi connectivity index (χ0) is 23.3. The highest BCUT2D eigenvalue weighted by molar-refractivity contribution is 14.0. The number of rotatable bonds is 11. The van der Waals surface area contributed by atoms with Crippen LogP contribution in [0.5, 0.6) is 17.2 Å². The van der Waals surface area contributed by atoms with Crippen LogP contribution in [0.15, 0.2) is 41.4 Å². The van der Waals surface area contributed by atoms with Crippen molar-refractivity contribution >= 4 is 41.5 Å². The molecule has 9 heteroatoms. The summed E-state index contributed by atoms with van der Waals surface area (Å²) in [5, 5.41) is 9.48. The average molecular weight is 570 g/mol. The molecule has 0 aliphatic heterocycles. The lowest BCUT2D eigenvalue weighted by Crippen LogP contribution is -2.36. The minimum absolute atomic E-state index is 0. The van der Waals surface area contributed by atoms with Gasteiger partial charge in [0.15, 0.2) is 17.5 Å². The van der Waals surface area contributed by atoms with E-state index in [-0.39, 0.29) is 29.9 Å². The van der Waals surface area contributed by atoms with Crippen molar-refractivity contribution in [1.29, 1.82) is 0 Å². The van der Waals surface area contributed by atoms with Crippen LogP contribution in [-0.4, -0.2) is 39.7 Å². The van der Waals surface area contributed by atoms with Gasteiger partial charge in [0.2, 0.25) is 11.7 Å². The zero-order valence-electron chi connectivity index (χ0n) is 20.0. The fraction of sp³-hybridized carbons (Fsp3) is 0.417. The Labute approximate surface area is 213 Å². The van der Waals surface area contributed by atoms with Crippen LogP contribution in [0.4, 0.5) is 5.69 Å². The highest BCUT2D eigenvalue weighted by Gasteiger charge is 2.13. The molecule has 3 N–H and O–H groups in total. The standard InChI is InChI=1S/C24H34N4O4.HI/c1-6-8-22(29)28-19-11-9-17(10-12-19)15-26-24(25-7-2)27-16-18-13-20(30-3)23(32-5)21(14-18)31-4;/h9-14H,6-8,15-16H2,1-5H3,(H,28,29)(H2,25,26,27);1H. The van der Waals surface area contributed by atoms with Gasteiger partial charge in [-0.3, -0.25) is 4.79 Å². The van der Waals surface area contributed by atoms with E-state index >= 15 is 0 Å². The molecule has 0 fully saturated rings. The molecule has 1 amide bonds. The first-order valence-electron chi connectivity index (χ1n) is 10.7. The van der Waals surface area contributed by atoms with Gasteiger partial charge in [0, 0.05) is 25.2 Å². The molecule has 0 spiro atoms. The van der Waals surface area contributed by atoms with E-state index in [0.29, 0.717) is 42.7 Å². The van der Waals surface area contributed by atoms with E-state index in [0.717, 1.165) is 29.8 Å². The molecule has 0 bridgehead atoms. The largest absolute Gasteiger partial charge is 0.493 e. The highest BCUT2D eigenvalue weighted by atomic mass is 127. The minimum Gasteiger partial charge on any atom is -0.493 e. The number of nitrogens with zero attached hydrogens (tertiary/aromatic N) is 1. The summed E-state index contributed by atoms with van der Waals surface area (Å²) in [6.45, 7) is 5.78. The number of carbonyl (C=O) groups excluding carboxylic acids is 1. The van der Waals surface area contributed by atoms with Crippen LogP contribution in [0.3, 0.4) is 0 Å². The Kier molecular flexibility index (Phi) is 13.1. The number of anilines is 1. The van der Waals surface area contributed by atoms with E-state index in [9.17, 15) is 4.79 Å². The number of aliphatic imine (C=N–C) groups is 1. The molecule has 2 aromatic carbocycles. The Morgan fingerprint density at radius 1 is 0.909 bits per heavy atom. The predicted molar refractivity (Wildman–Crippen MR) is 143 cm³/mol. The van der Waals surface area contributed by atoms with E-state index < -0.39 is 0 Å². The molecule has 0 aromatic heterocycles. The number of amides is 1. The lowest BCUT2D eigenvalue weighted by atomic mass is 10.2. The average Bonchev–Trinajstić information content (AvgIpc) is 2.81. The van der Waals surface area contributed by atoms with Crippen molar-refractivity contribution in [1.82, 2.24) is 10.6 Å². The molecular formula is C24H35IN4O4. The SMILES string of the molecule is CCCC(=O)Nc1ccc(CNC(=NCc2cc(OC)c(OC)c(OC)c2)NCC)cc1.I.